The van der Waals surface area contributed by atoms with Crippen molar-refractivity contribution in [3.63, 3.8) is 0 Å². The van der Waals surface area contributed by atoms with Crippen LogP contribution >= 0.6 is 0 Å². The number of nitriles is 1. The second-order valence-electron chi connectivity index (χ2n) is 3.69. The Morgan fingerprint density at radius 1 is 1.45 bits per heavy atom. The maximum absolute atomic E-state index is 11.8. The Labute approximate surface area is 111 Å². The molecular weight excluding hydrogens is 279 g/mol. The van der Waals surface area contributed by atoms with E-state index in [1.165, 1.54) is 12.1 Å². The van der Waals surface area contributed by atoms with E-state index in [1.54, 1.807) is 6.07 Å². The Morgan fingerprint density at radius 3 is 2.70 bits per heavy atom. The highest BCUT2D eigenvalue weighted by Crippen LogP contribution is 2.21. The summed E-state index contributed by atoms with van der Waals surface area (Å²) in [7, 11) is 0. The van der Waals surface area contributed by atoms with Gasteiger partial charge in [-0.1, -0.05) is 0 Å². The molecule has 0 bridgehead atoms. The Hall–Kier alpha value is -2.34. The van der Waals surface area contributed by atoms with Gasteiger partial charge in [-0.05, 0) is 6.07 Å². The minimum atomic E-state index is -4.38. The Morgan fingerprint density at radius 2 is 2.15 bits per heavy atom. The molecule has 1 aromatic rings. The number of alkyl halides is 3. The summed E-state index contributed by atoms with van der Waals surface area (Å²) in [6, 6.07) is 5.36. The number of benzene rings is 1. The van der Waals surface area contributed by atoms with Crippen LogP contribution in [0.5, 0.6) is 0 Å². The van der Waals surface area contributed by atoms with Crippen LogP contribution in [0.1, 0.15) is 5.56 Å². The van der Waals surface area contributed by atoms with E-state index in [1.807, 2.05) is 0 Å². The number of non-ortho nitro benzene ring substituents is 1. The number of ether oxygens (including phenoxy) is 1. The standard InChI is InChI=1S/C11H10F3N3O3/c12-11(13,14)7-20-4-3-16-10-2-1-9(17(18)19)5-8(10)6-15/h1-2,5,16H,3-4,7H2. The number of rotatable bonds is 6. The lowest BCUT2D eigenvalue weighted by Gasteiger charge is -2.10. The van der Waals surface area contributed by atoms with Crippen molar-refractivity contribution in [3.8, 4) is 6.07 Å². The summed E-state index contributed by atoms with van der Waals surface area (Å²) in [6.45, 7) is -1.51. The van der Waals surface area contributed by atoms with Crippen molar-refractivity contribution in [1.29, 1.82) is 5.26 Å². The lowest BCUT2D eigenvalue weighted by atomic mass is 10.1. The first-order valence-electron chi connectivity index (χ1n) is 5.40. The van der Waals surface area contributed by atoms with Crippen LogP contribution in [-0.4, -0.2) is 30.9 Å². The number of nitro groups is 1. The Bertz CT molecular complexity index is 526. The van der Waals surface area contributed by atoms with E-state index in [4.69, 9.17) is 5.26 Å². The molecule has 0 atom stereocenters. The second-order valence-corrected chi connectivity index (χ2v) is 3.69. The van der Waals surface area contributed by atoms with E-state index >= 15 is 0 Å². The number of anilines is 1. The molecule has 0 heterocycles. The summed E-state index contributed by atoms with van der Waals surface area (Å²) in [5.74, 6) is 0. The number of halogens is 3. The smallest absolute Gasteiger partial charge is 0.382 e. The highest BCUT2D eigenvalue weighted by Gasteiger charge is 2.27. The van der Waals surface area contributed by atoms with Crippen molar-refractivity contribution < 1.29 is 22.8 Å². The van der Waals surface area contributed by atoms with Gasteiger partial charge in [0, 0.05) is 18.7 Å². The normalized spacial score (nSPS) is 10.9. The minimum Gasteiger partial charge on any atom is -0.382 e. The molecule has 1 aromatic carbocycles. The molecule has 0 spiro atoms. The third-order valence-corrected chi connectivity index (χ3v) is 2.16. The van der Waals surface area contributed by atoms with Crippen LogP contribution in [-0.2, 0) is 4.74 Å². The van der Waals surface area contributed by atoms with E-state index < -0.39 is 17.7 Å². The Balaban J connectivity index is 2.52. The van der Waals surface area contributed by atoms with Crippen LogP contribution in [0.3, 0.4) is 0 Å². The first-order chi connectivity index (χ1) is 9.33. The average molecular weight is 289 g/mol. The fourth-order valence-corrected chi connectivity index (χ4v) is 1.34. The van der Waals surface area contributed by atoms with Gasteiger partial charge in [0.25, 0.3) is 5.69 Å². The highest BCUT2D eigenvalue weighted by molar-refractivity contribution is 5.61. The molecule has 9 heteroatoms. The zero-order valence-corrected chi connectivity index (χ0v) is 10.1. The molecule has 108 valence electrons. The van der Waals surface area contributed by atoms with E-state index in [9.17, 15) is 23.3 Å². The fourth-order valence-electron chi connectivity index (χ4n) is 1.34. The summed E-state index contributed by atoms with van der Waals surface area (Å²) >= 11 is 0. The fraction of sp³-hybridized carbons (Fsp3) is 0.364. The molecule has 0 saturated heterocycles. The minimum absolute atomic E-state index is 0.0371. The largest absolute Gasteiger partial charge is 0.411 e. The third-order valence-electron chi connectivity index (χ3n) is 2.16. The maximum Gasteiger partial charge on any atom is 0.411 e. The summed E-state index contributed by atoms with van der Waals surface area (Å²) in [4.78, 5) is 9.88. The van der Waals surface area contributed by atoms with Gasteiger partial charge < -0.3 is 10.1 Å². The molecule has 20 heavy (non-hydrogen) atoms. The number of hydrogen-bond donors (Lipinski definition) is 1. The molecule has 0 aliphatic rings. The van der Waals surface area contributed by atoms with Crippen molar-refractivity contribution in [3.05, 3.63) is 33.9 Å². The van der Waals surface area contributed by atoms with Crippen LogP contribution in [0, 0.1) is 21.4 Å². The molecule has 0 aliphatic carbocycles. The van der Waals surface area contributed by atoms with Gasteiger partial charge in [-0.2, -0.15) is 18.4 Å². The molecule has 1 N–H and O–H groups in total. The van der Waals surface area contributed by atoms with Crippen molar-refractivity contribution in [2.45, 2.75) is 6.18 Å². The van der Waals surface area contributed by atoms with Crippen LogP contribution in [0.2, 0.25) is 0 Å². The van der Waals surface area contributed by atoms with Crippen molar-refractivity contribution in [1.82, 2.24) is 0 Å². The van der Waals surface area contributed by atoms with E-state index in [0.29, 0.717) is 5.69 Å². The van der Waals surface area contributed by atoms with Gasteiger partial charge in [-0.3, -0.25) is 10.1 Å². The van der Waals surface area contributed by atoms with Crippen LogP contribution in [0.15, 0.2) is 18.2 Å². The summed E-state index contributed by atoms with van der Waals surface area (Å²) in [5, 5.41) is 22.0. The van der Waals surface area contributed by atoms with Gasteiger partial charge in [-0.25, -0.2) is 0 Å². The van der Waals surface area contributed by atoms with Gasteiger partial charge in [-0.15, -0.1) is 0 Å². The lowest BCUT2D eigenvalue weighted by Crippen LogP contribution is -2.20. The zero-order chi connectivity index (χ0) is 15.2. The summed E-state index contributed by atoms with van der Waals surface area (Å²) in [5.41, 5.74) is 0.101. The zero-order valence-electron chi connectivity index (χ0n) is 10.1. The van der Waals surface area contributed by atoms with E-state index in [-0.39, 0.29) is 24.4 Å². The molecule has 0 fully saturated rings. The molecule has 1 rings (SSSR count). The number of nitrogens with one attached hydrogen (secondary N) is 1. The number of nitrogens with zero attached hydrogens (tertiary/aromatic N) is 2. The topological polar surface area (TPSA) is 88.2 Å². The van der Waals surface area contributed by atoms with E-state index in [2.05, 4.69) is 10.1 Å². The van der Waals surface area contributed by atoms with Crippen molar-refractivity contribution in [2.75, 3.05) is 25.1 Å². The molecule has 0 aliphatic heterocycles. The number of nitro benzene ring substituents is 1. The van der Waals surface area contributed by atoms with Gasteiger partial charge in [0.05, 0.1) is 22.8 Å². The quantitative estimate of drug-likeness (QED) is 0.493. The summed E-state index contributed by atoms with van der Waals surface area (Å²) < 4.78 is 39.8. The molecular formula is C11H10F3N3O3. The first-order valence-corrected chi connectivity index (χ1v) is 5.40. The van der Waals surface area contributed by atoms with Crippen molar-refractivity contribution >= 4 is 11.4 Å². The predicted octanol–water partition coefficient (Wildman–Crippen LogP) is 2.46. The third kappa shape index (κ3) is 5.11. The molecule has 0 amide bonds. The molecule has 0 unspecified atom stereocenters. The SMILES string of the molecule is N#Cc1cc([N+](=O)[O-])ccc1NCCOCC(F)(F)F. The molecule has 0 radical (unpaired) electrons. The van der Waals surface area contributed by atoms with Gasteiger partial charge in [0.15, 0.2) is 0 Å². The van der Waals surface area contributed by atoms with E-state index in [0.717, 1.165) is 6.07 Å². The first kappa shape index (κ1) is 15.7. The second kappa shape index (κ2) is 6.72. The molecule has 0 saturated carbocycles. The van der Waals surface area contributed by atoms with Gasteiger partial charge >= 0.3 is 6.18 Å². The number of hydrogen-bond acceptors (Lipinski definition) is 5. The monoisotopic (exact) mass is 289 g/mol. The maximum atomic E-state index is 11.8. The van der Waals surface area contributed by atoms with Gasteiger partial charge in [0.2, 0.25) is 0 Å². The molecule has 6 nitrogen and oxygen atoms in total. The average Bonchev–Trinajstić information content (AvgIpc) is 2.36. The Kier molecular flexibility index (Phi) is 5.28. The molecule has 0 aromatic heterocycles. The lowest BCUT2D eigenvalue weighted by molar-refractivity contribution is -0.384. The predicted molar refractivity (Wildman–Crippen MR) is 63.2 cm³/mol. The van der Waals surface area contributed by atoms with Crippen LogP contribution in [0.4, 0.5) is 24.5 Å². The highest BCUT2D eigenvalue weighted by atomic mass is 19.4. The summed E-state index contributed by atoms with van der Waals surface area (Å²) in [6.07, 6.45) is -4.38. The van der Waals surface area contributed by atoms with Gasteiger partial charge in [0.1, 0.15) is 12.7 Å². The van der Waals surface area contributed by atoms with Crippen LogP contribution < -0.4 is 5.32 Å². The van der Waals surface area contributed by atoms with Crippen LogP contribution in [0.25, 0.3) is 0 Å². The van der Waals surface area contributed by atoms with Crippen molar-refractivity contribution in [2.24, 2.45) is 0 Å².